The molecule has 0 saturated carbocycles. The van der Waals surface area contributed by atoms with Gasteiger partial charge in [-0.1, -0.05) is 6.08 Å². The van der Waals surface area contributed by atoms with Crippen molar-refractivity contribution in [2.24, 2.45) is 0 Å². The second kappa shape index (κ2) is 11.0. The van der Waals surface area contributed by atoms with Gasteiger partial charge in [0.05, 0.1) is 19.3 Å². The summed E-state index contributed by atoms with van der Waals surface area (Å²) < 4.78 is 10.4. The van der Waals surface area contributed by atoms with Gasteiger partial charge in [0.2, 0.25) is 0 Å². The third-order valence-electron chi connectivity index (χ3n) is 2.82. The minimum atomic E-state index is -0.476. The quantitative estimate of drug-likeness (QED) is 0.474. The van der Waals surface area contributed by atoms with Crippen LogP contribution in [-0.2, 0) is 16.0 Å². The average molecular weight is 299 g/mol. The standard InChI is InChI=1S/C15H25NO3S/c1-3-7-19-12-15(17)11-16(6-4-8-18-2)10-14-5-9-20-13-14/h3,5,9,13,15,17H,1,4,6-8,10-12H2,2H3. The number of rotatable bonds is 12. The fourth-order valence-electron chi connectivity index (χ4n) is 1.95. The molecule has 0 amide bonds. The molecular formula is C15H25NO3S. The fourth-order valence-corrected chi connectivity index (χ4v) is 2.61. The van der Waals surface area contributed by atoms with Crippen LogP contribution in [-0.4, -0.2) is 56.1 Å². The first-order valence-corrected chi connectivity index (χ1v) is 7.79. The monoisotopic (exact) mass is 299 g/mol. The van der Waals surface area contributed by atoms with Crippen LogP contribution in [0.3, 0.4) is 0 Å². The van der Waals surface area contributed by atoms with Crippen LogP contribution in [0.4, 0.5) is 0 Å². The highest BCUT2D eigenvalue weighted by Gasteiger charge is 2.12. The van der Waals surface area contributed by atoms with Gasteiger partial charge in [0.25, 0.3) is 0 Å². The molecule has 0 fully saturated rings. The lowest BCUT2D eigenvalue weighted by molar-refractivity contribution is 0.0230. The highest BCUT2D eigenvalue weighted by atomic mass is 32.1. The molecule has 0 radical (unpaired) electrons. The second-order valence-electron chi connectivity index (χ2n) is 4.69. The first-order chi connectivity index (χ1) is 9.76. The van der Waals surface area contributed by atoms with Crippen molar-refractivity contribution in [2.75, 3.05) is 40.0 Å². The molecule has 1 unspecified atom stereocenters. The topological polar surface area (TPSA) is 41.9 Å². The lowest BCUT2D eigenvalue weighted by Gasteiger charge is -2.24. The SMILES string of the molecule is C=CCOCC(O)CN(CCCOC)Cc1ccsc1. The van der Waals surface area contributed by atoms with Crippen LogP contribution in [0.1, 0.15) is 12.0 Å². The van der Waals surface area contributed by atoms with E-state index in [1.807, 2.05) is 0 Å². The largest absolute Gasteiger partial charge is 0.389 e. The van der Waals surface area contributed by atoms with Crippen molar-refractivity contribution in [3.63, 3.8) is 0 Å². The molecule has 4 nitrogen and oxygen atoms in total. The average Bonchev–Trinajstić information content (AvgIpc) is 2.92. The number of aliphatic hydroxyl groups is 1. The molecule has 0 aliphatic rings. The zero-order chi connectivity index (χ0) is 14.6. The molecule has 114 valence electrons. The van der Waals surface area contributed by atoms with E-state index in [1.165, 1.54) is 5.56 Å². The van der Waals surface area contributed by atoms with Gasteiger partial charge < -0.3 is 14.6 Å². The molecule has 1 atom stereocenters. The molecule has 1 aromatic rings. The van der Waals surface area contributed by atoms with E-state index >= 15 is 0 Å². The molecule has 0 spiro atoms. The number of aliphatic hydroxyl groups excluding tert-OH is 1. The number of hydrogen-bond acceptors (Lipinski definition) is 5. The summed E-state index contributed by atoms with van der Waals surface area (Å²) in [6.45, 7) is 7.51. The van der Waals surface area contributed by atoms with Gasteiger partial charge in [0, 0.05) is 33.4 Å². The van der Waals surface area contributed by atoms with Gasteiger partial charge in [-0.15, -0.1) is 6.58 Å². The van der Waals surface area contributed by atoms with E-state index in [0.29, 0.717) is 19.8 Å². The van der Waals surface area contributed by atoms with Gasteiger partial charge >= 0.3 is 0 Å². The highest BCUT2D eigenvalue weighted by Crippen LogP contribution is 2.10. The van der Waals surface area contributed by atoms with Crippen molar-refractivity contribution in [2.45, 2.75) is 19.1 Å². The Bertz CT molecular complexity index is 343. The highest BCUT2D eigenvalue weighted by molar-refractivity contribution is 7.07. The van der Waals surface area contributed by atoms with Crippen LogP contribution >= 0.6 is 11.3 Å². The molecule has 1 aromatic heterocycles. The Balaban J connectivity index is 2.37. The van der Waals surface area contributed by atoms with Crippen molar-refractivity contribution in [3.05, 3.63) is 35.0 Å². The predicted molar refractivity (Wildman–Crippen MR) is 83.1 cm³/mol. The van der Waals surface area contributed by atoms with Gasteiger partial charge in [0.15, 0.2) is 0 Å². The van der Waals surface area contributed by atoms with Crippen LogP contribution in [0.2, 0.25) is 0 Å². The summed E-state index contributed by atoms with van der Waals surface area (Å²) in [7, 11) is 1.71. The number of nitrogens with zero attached hydrogens (tertiary/aromatic N) is 1. The number of hydrogen-bond donors (Lipinski definition) is 1. The zero-order valence-electron chi connectivity index (χ0n) is 12.2. The molecule has 1 rings (SSSR count). The summed E-state index contributed by atoms with van der Waals surface area (Å²) >= 11 is 1.70. The maximum atomic E-state index is 10.0. The Morgan fingerprint density at radius 2 is 2.40 bits per heavy atom. The normalized spacial score (nSPS) is 12.8. The molecule has 0 aromatic carbocycles. The fraction of sp³-hybridized carbons (Fsp3) is 0.600. The molecule has 0 saturated heterocycles. The van der Waals surface area contributed by atoms with Crippen molar-refractivity contribution < 1.29 is 14.6 Å². The van der Waals surface area contributed by atoms with Gasteiger partial charge in [0.1, 0.15) is 0 Å². The van der Waals surface area contributed by atoms with E-state index in [4.69, 9.17) is 9.47 Å². The van der Waals surface area contributed by atoms with Crippen molar-refractivity contribution in [1.82, 2.24) is 4.90 Å². The number of methoxy groups -OCH3 is 1. The van der Waals surface area contributed by atoms with E-state index in [2.05, 4.69) is 28.3 Å². The summed E-state index contributed by atoms with van der Waals surface area (Å²) in [4.78, 5) is 2.24. The molecule has 0 aliphatic heterocycles. The maximum absolute atomic E-state index is 10.0. The molecule has 1 N–H and O–H groups in total. The van der Waals surface area contributed by atoms with Gasteiger partial charge in [-0.05, 0) is 28.8 Å². The van der Waals surface area contributed by atoms with E-state index < -0.39 is 6.10 Å². The van der Waals surface area contributed by atoms with Crippen molar-refractivity contribution >= 4 is 11.3 Å². The summed E-state index contributed by atoms with van der Waals surface area (Å²) in [6.07, 6.45) is 2.17. The first-order valence-electron chi connectivity index (χ1n) is 6.85. The maximum Gasteiger partial charge on any atom is 0.0900 e. The Labute approximate surface area is 125 Å². The van der Waals surface area contributed by atoms with Crippen LogP contribution < -0.4 is 0 Å². The Hall–Kier alpha value is -0.720. The predicted octanol–water partition coefficient (Wildman–Crippen LogP) is 2.15. The lowest BCUT2D eigenvalue weighted by Crippen LogP contribution is -2.35. The minimum absolute atomic E-state index is 0.344. The summed E-state index contributed by atoms with van der Waals surface area (Å²) in [5.41, 5.74) is 1.28. The van der Waals surface area contributed by atoms with Crippen LogP contribution in [0.5, 0.6) is 0 Å². The summed E-state index contributed by atoms with van der Waals surface area (Å²) in [6, 6.07) is 2.12. The van der Waals surface area contributed by atoms with Crippen LogP contribution in [0.25, 0.3) is 0 Å². The summed E-state index contributed by atoms with van der Waals surface area (Å²) in [5.74, 6) is 0. The minimum Gasteiger partial charge on any atom is -0.389 e. The zero-order valence-corrected chi connectivity index (χ0v) is 13.0. The van der Waals surface area contributed by atoms with Crippen molar-refractivity contribution in [1.29, 1.82) is 0 Å². The lowest BCUT2D eigenvalue weighted by atomic mass is 10.2. The van der Waals surface area contributed by atoms with Crippen LogP contribution in [0.15, 0.2) is 29.5 Å². The third-order valence-corrected chi connectivity index (χ3v) is 3.56. The Kier molecular flexibility index (Phi) is 9.53. The van der Waals surface area contributed by atoms with E-state index in [-0.39, 0.29) is 0 Å². The molecule has 1 heterocycles. The smallest absolute Gasteiger partial charge is 0.0900 e. The van der Waals surface area contributed by atoms with E-state index in [9.17, 15) is 5.11 Å². The molecule has 5 heteroatoms. The van der Waals surface area contributed by atoms with Gasteiger partial charge in [-0.3, -0.25) is 4.90 Å². The third kappa shape index (κ3) is 7.77. The molecule has 0 aliphatic carbocycles. The second-order valence-corrected chi connectivity index (χ2v) is 5.47. The molecule has 0 bridgehead atoms. The first kappa shape index (κ1) is 17.3. The van der Waals surface area contributed by atoms with E-state index in [0.717, 1.165) is 26.1 Å². The van der Waals surface area contributed by atoms with Crippen molar-refractivity contribution in [3.8, 4) is 0 Å². The number of thiophene rings is 1. The summed E-state index contributed by atoms with van der Waals surface area (Å²) in [5, 5.41) is 14.2. The molecule has 20 heavy (non-hydrogen) atoms. The number of ether oxygens (including phenoxy) is 2. The Morgan fingerprint density at radius 1 is 1.55 bits per heavy atom. The van der Waals surface area contributed by atoms with E-state index in [1.54, 1.807) is 24.5 Å². The van der Waals surface area contributed by atoms with Crippen LogP contribution in [0, 0.1) is 0 Å². The Morgan fingerprint density at radius 3 is 3.05 bits per heavy atom. The molecular weight excluding hydrogens is 274 g/mol. The van der Waals surface area contributed by atoms with Gasteiger partial charge in [-0.25, -0.2) is 0 Å². The van der Waals surface area contributed by atoms with Gasteiger partial charge in [-0.2, -0.15) is 11.3 Å².